The van der Waals surface area contributed by atoms with Crippen LogP contribution in [0.4, 0.5) is 0 Å². The number of aliphatic hydroxyl groups excluding tert-OH is 1. The van der Waals surface area contributed by atoms with Gasteiger partial charge in [-0.2, -0.15) is 0 Å². The van der Waals surface area contributed by atoms with Crippen LogP contribution in [0.15, 0.2) is 0 Å². The molecule has 0 saturated heterocycles. The van der Waals surface area contributed by atoms with E-state index in [9.17, 15) is 0 Å². The van der Waals surface area contributed by atoms with Crippen molar-refractivity contribution in [3.8, 4) is 0 Å². The molecule has 1 atom stereocenters. The van der Waals surface area contributed by atoms with Crippen molar-refractivity contribution in [3.05, 3.63) is 0 Å². The minimum Gasteiger partial charge on any atom is -0.428 e. The normalized spacial score (nSPS) is 14.6. The lowest BCUT2D eigenvalue weighted by Gasteiger charge is -1.99. The van der Waals surface area contributed by atoms with E-state index in [1.165, 1.54) is 0 Å². The average Bonchev–Trinajstić information content (AvgIpc) is 1.61. The lowest BCUT2D eigenvalue weighted by molar-refractivity contribution is 0.159. The van der Waals surface area contributed by atoms with Gasteiger partial charge in [0, 0.05) is 6.61 Å². The first-order valence-electron chi connectivity index (χ1n) is 2.44. The maximum Gasteiger partial charge on any atom is 0.145 e. The summed E-state index contributed by atoms with van der Waals surface area (Å²) in [7, 11) is 0.783. The first-order valence-corrected chi connectivity index (χ1v) is 3.26. The molecule has 0 aliphatic carbocycles. The van der Waals surface area contributed by atoms with Crippen molar-refractivity contribution in [2.24, 2.45) is 0 Å². The van der Waals surface area contributed by atoms with Crippen LogP contribution in [0, 0.1) is 0 Å². The van der Waals surface area contributed by atoms with E-state index in [1.807, 2.05) is 0 Å². The van der Waals surface area contributed by atoms with Crippen molar-refractivity contribution in [3.63, 3.8) is 0 Å². The summed E-state index contributed by atoms with van der Waals surface area (Å²) in [4.78, 5) is 0. The number of hydrogen-bond acceptors (Lipinski definition) is 2. The lowest BCUT2D eigenvalue weighted by Crippen LogP contribution is -2.03. The van der Waals surface area contributed by atoms with E-state index in [4.69, 9.17) is 9.53 Å². The van der Waals surface area contributed by atoms with E-state index in [0.29, 0.717) is 6.61 Å². The summed E-state index contributed by atoms with van der Waals surface area (Å²) in [6.45, 7) is 2.48. The molecule has 2 nitrogen and oxygen atoms in total. The third-order valence-corrected chi connectivity index (χ3v) is 1.15. The Labute approximate surface area is 47.0 Å². The molecular weight excluding hydrogens is 108 g/mol. The summed E-state index contributed by atoms with van der Waals surface area (Å²) >= 11 is 0. The van der Waals surface area contributed by atoms with Crippen LogP contribution < -0.4 is 0 Å². The first kappa shape index (κ1) is 7.14. The topological polar surface area (TPSA) is 29.5 Å². The Hall–Kier alpha value is 0.137. The zero-order valence-corrected chi connectivity index (χ0v) is 6.85. The van der Waals surface area contributed by atoms with Crippen LogP contribution in [0.2, 0.25) is 0 Å². The molecule has 1 unspecified atom stereocenters. The van der Waals surface area contributed by atoms with Gasteiger partial charge in [-0.1, -0.05) is 0 Å². The molecule has 7 heavy (non-hydrogen) atoms. The molecule has 0 fully saturated rings. The van der Waals surface area contributed by atoms with Crippen LogP contribution in [-0.2, 0) is 4.43 Å². The van der Waals surface area contributed by atoms with Gasteiger partial charge in [0.05, 0.1) is 6.10 Å². The van der Waals surface area contributed by atoms with Gasteiger partial charge in [0.15, 0.2) is 0 Å². The van der Waals surface area contributed by atoms with Crippen LogP contribution in [-0.4, -0.2) is 28.3 Å². The summed E-state index contributed by atoms with van der Waals surface area (Å²) in [5, 5.41) is 8.62. The van der Waals surface area contributed by atoms with Gasteiger partial charge in [0.1, 0.15) is 10.5 Å². The monoisotopic (exact) mass is 120 g/mol. The molecular formula is C4H12O2Si. The molecule has 0 aromatic heterocycles. The quantitative estimate of drug-likeness (QED) is 0.487. The fourth-order valence-electron chi connectivity index (χ4n) is 0.288. The van der Waals surface area contributed by atoms with Gasteiger partial charge < -0.3 is 9.53 Å². The standard InChI is InChI=1S/C4H12O2Si/c1-4(5)2-3-6-7/h4-5H,2-3H2,1,7H3. The van der Waals surface area contributed by atoms with E-state index in [0.717, 1.165) is 16.9 Å². The molecule has 0 rings (SSSR count). The van der Waals surface area contributed by atoms with Gasteiger partial charge in [-0.25, -0.2) is 0 Å². The Morgan fingerprint density at radius 2 is 2.43 bits per heavy atom. The summed E-state index contributed by atoms with van der Waals surface area (Å²) in [6, 6.07) is 0. The average molecular weight is 120 g/mol. The zero-order chi connectivity index (χ0) is 5.70. The smallest absolute Gasteiger partial charge is 0.145 e. The highest BCUT2D eigenvalue weighted by molar-refractivity contribution is 5.97. The molecule has 0 aliphatic heterocycles. The molecule has 0 amide bonds. The van der Waals surface area contributed by atoms with Gasteiger partial charge in [-0.3, -0.25) is 0 Å². The number of aliphatic hydroxyl groups is 1. The minimum atomic E-state index is -0.200. The van der Waals surface area contributed by atoms with Crippen LogP contribution in [0.3, 0.4) is 0 Å². The maximum absolute atomic E-state index is 8.62. The highest BCUT2D eigenvalue weighted by Crippen LogP contribution is 1.86. The Morgan fingerprint density at radius 1 is 1.86 bits per heavy atom. The molecule has 0 saturated carbocycles. The third-order valence-electron chi connectivity index (χ3n) is 0.740. The van der Waals surface area contributed by atoms with Crippen LogP contribution >= 0.6 is 0 Å². The highest BCUT2D eigenvalue weighted by atomic mass is 28.2. The van der Waals surface area contributed by atoms with E-state index in [2.05, 4.69) is 0 Å². The van der Waals surface area contributed by atoms with Crippen molar-refractivity contribution < 1.29 is 9.53 Å². The third kappa shape index (κ3) is 6.14. The molecule has 3 heteroatoms. The summed E-state index contributed by atoms with van der Waals surface area (Å²) in [5.41, 5.74) is 0. The Balaban J connectivity index is 2.68. The van der Waals surface area contributed by atoms with Crippen LogP contribution in [0.25, 0.3) is 0 Å². The van der Waals surface area contributed by atoms with Gasteiger partial charge in [0.2, 0.25) is 0 Å². The molecule has 0 aromatic carbocycles. The largest absolute Gasteiger partial charge is 0.428 e. The Kier molecular flexibility index (Phi) is 4.38. The van der Waals surface area contributed by atoms with Crippen molar-refractivity contribution in [1.29, 1.82) is 0 Å². The zero-order valence-electron chi connectivity index (χ0n) is 4.85. The van der Waals surface area contributed by atoms with E-state index < -0.39 is 0 Å². The number of rotatable bonds is 3. The Bertz CT molecular complexity index is 38.7. The number of hydrogen-bond donors (Lipinski definition) is 1. The van der Waals surface area contributed by atoms with Crippen molar-refractivity contribution in [2.45, 2.75) is 19.4 Å². The van der Waals surface area contributed by atoms with E-state index in [-0.39, 0.29) is 6.10 Å². The van der Waals surface area contributed by atoms with Gasteiger partial charge >= 0.3 is 0 Å². The maximum atomic E-state index is 8.62. The van der Waals surface area contributed by atoms with Crippen LogP contribution in [0.1, 0.15) is 13.3 Å². The predicted molar refractivity (Wildman–Crippen MR) is 32.2 cm³/mol. The molecule has 0 spiro atoms. The second-order valence-corrected chi connectivity index (χ2v) is 2.21. The fourth-order valence-corrected chi connectivity index (χ4v) is 0.524. The molecule has 0 heterocycles. The van der Waals surface area contributed by atoms with Crippen molar-refractivity contribution >= 4 is 10.5 Å². The van der Waals surface area contributed by atoms with Crippen molar-refractivity contribution in [1.82, 2.24) is 0 Å². The molecule has 44 valence electrons. The second-order valence-electron chi connectivity index (χ2n) is 1.63. The van der Waals surface area contributed by atoms with E-state index in [1.54, 1.807) is 6.92 Å². The fraction of sp³-hybridized carbons (Fsp3) is 1.00. The Morgan fingerprint density at radius 3 is 2.57 bits per heavy atom. The highest BCUT2D eigenvalue weighted by Gasteiger charge is 1.90. The first-order chi connectivity index (χ1) is 3.27. The molecule has 0 aliphatic rings. The SMILES string of the molecule is CC(O)CCO[SiH3]. The molecule has 0 aromatic rings. The van der Waals surface area contributed by atoms with Gasteiger partial charge in [-0.15, -0.1) is 0 Å². The second kappa shape index (κ2) is 4.30. The van der Waals surface area contributed by atoms with E-state index >= 15 is 0 Å². The van der Waals surface area contributed by atoms with Gasteiger partial charge in [-0.05, 0) is 13.3 Å². The summed E-state index contributed by atoms with van der Waals surface area (Å²) in [5.74, 6) is 0. The molecule has 0 bridgehead atoms. The van der Waals surface area contributed by atoms with Crippen molar-refractivity contribution in [2.75, 3.05) is 6.61 Å². The summed E-state index contributed by atoms with van der Waals surface area (Å²) in [6.07, 6.45) is 0.567. The minimum absolute atomic E-state index is 0.200. The molecule has 0 radical (unpaired) electrons. The van der Waals surface area contributed by atoms with Crippen LogP contribution in [0.5, 0.6) is 0 Å². The summed E-state index contributed by atoms with van der Waals surface area (Å²) < 4.78 is 4.83. The molecule has 1 N–H and O–H groups in total. The lowest BCUT2D eigenvalue weighted by atomic mass is 10.3. The van der Waals surface area contributed by atoms with Gasteiger partial charge in [0.25, 0.3) is 0 Å². The predicted octanol–water partition coefficient (Wildman–Crippen LogP) is -0.946.